The van der Waals surface area contributed by atoms with E-state index in [2.05, 4.69) is 5.32 Å². The number of esters is 1. The lowest BCUT2D eigenvalue weighted by molar-refractivity contribution is -0.159. The van der Waals surface area contributed by atoms with Crippen LogP contribution in [-0.2, 0) is 23.9 Å². The first-order valence-corrected chi connectivity index (χ1v) is 9.39. The maximum atomic E-state index is 12.5. The molecular weight excluding hydrogens is 376 g/mol. The number of para-hydroxylation sites is 1. The Labute approximate surface area is 167 Å². The number of imide groups is 1. The summed E-state index contributed by atoms with van der Waals surface area (Å²) >= 11 is 0. The van der Waals surface area contributed by atoms with Crippen LogP contribution in [0.15, 0.2) is 36.4 Å². The molecule has 1 N–H and O–H groups in total. The molecule has 3 amide bonds. The van der Waals surface area contributed by atoms with Crippen LogP contribution in [0.3, 0.4) is 0 Å². The molecule has 1 aliphatic heterocycles. The average Bonchev–Trinajstić information content (AvgIpc) is 2.96. The highest BCUT2D eigenvalue weighted by atomic mass is 16.5. The highest BCUT2D eigenvalue weighted by molar-refractivity contribution is 6.08. The van der Waals surface area contributed by atoms with E-state index in [0.29, 0.717) is 24.1 Å². The maximum Gasteiger partial charge on any atom is 0.329 e. The Kier molecular flexibility index (Phi) is 5.91. The summed E-state index contributed by atoms with van der Waals surface area (Å²) in [5.74, 6) is -3.32. The SMILES string of the molecule is CC(=O)c1ccccc1NC(=O)COC(=O)[C@H](C)N1C(=O)[C@H]2CC=CC[C@H]2C1=O. The van der Waals surface area contributed by atoms with E-state index in [0.717, 1.165) is 4.90 Å². The number of Topliss-reactive ketones (excluding diaryl/α,β-unsaturated/α-hetero) is 1. The zero-order valence-corrected chi connectivity index (χ0v) is 16.2. The summed E-state index contributed by atoms with van der Waals surface area (Å²) in [5, 5.41) is 2.52. The molecule has 8 heteroatoms. The summed E-state index contributed by atoms with van der Waals surface area (Å²) in [6.45, 7) is 2.19. The van der Waals surface area contributed by atoms with E-state index in [9.17, 15) is 24.0 Å². The third kappa shape index (κ3) is 4.11. The number of hydrogen-bond acceptors (Lipinski definition) is 6. The summed E-state index contributed by atoms with van der Waals surface area (Å²) < 4.78 is 5.00. The van der Waals surface area contributed by atoms with Gasteiger partial charge >= 0.3 is 5.97 Å². The van der Waals surface area contributed by atoms with Crippen LogP contribution >= 0.6 is 0 Å². The number of ether oxygens (including phenoxy) is 1. The lowest BCUT2D eigenvalue weighted by Crippen LogP contribution is -2.45. The first-order valence-electron chi connectivity index (χ1n) is 9.39. The molecule has 0 saturated carbocycles. The van der Waals surface area contributed by atoms with Crippen molar-refractivity contribution in [2.75, 3.05) is 11.9 Å². The Morgan fingerprint density at radius 3 is 2.28 bits per heavy atom. The Morgan fingerprint density at radius 1 is 1.10 bits per heavy atom. The number of fused-ring (bicyclic) bond motifs is 1. The molecule has 0 spiro atoms. The molecule has 1 aromatic carbocycles. The predicted molar refractivity (Wildman–Crippen MR) is 103 cm³/mol. The van der Waals surface area contributed by atoms with Crippen molar-refractivity contribution in [1.82, 2.24) is 4.90 Å². The van der Waals surface area contributed by atoms with Crippen molar-refractivity contribution in [3.8, 4) is 0 Å². The standard InChI is InChI=1S/C21H22N2O6/c1-12(23-19(26)15-8-3-4-9-16(15)20(23)27)21(28)29-11-18(25)22-17-10-6-5-7-14(17)13(2)24/h3-7,10,12,15-16H,8-9,11H2,1-2H3,(H,22,25)/t12-,15-,16+/m0/s1. The molecule has 0 aromatic heterocycles. The molecule has 0 unspecified atom stereocenters. The first-order chi connectivity index (χ1) is 13.8. The number of benzene rings is 1. The van der Waals surface area contributed by atoms with E-state index in [1.165, 1.54) is 13.8 Å². The van der Waals surface area contributed by atoms with Gasteiger partial charge in [-0.15, -0.1) is 0 Å². The minimum absolute atomic E-state index is 0.214. The first kappa shape index (κ1) is 20.4. The van der Waals surface area contributed by atoms with Gasteiger partial charge in [-0.3, -0.25) is 24.1 Å². The van der Waals surface area contributed by atoms with E-state index >= 15 is 0 Å². The number of likely N-dealkylation sites (tertiary alicyclic amines) is 1. The van der Waals surface area contributed by atoms with Crippen molar-refractivity contribution in [2.24, 2.45) is 11.8 Å². The second kappa shape index (κ2) is 8.38. The molecular formula is C21H22N2O6. The molecule has 0 bridgehead atoms. The lowest BCUT2D eigenvalue weighted by Gasteiger charge is -2.21. The van der Waals surface area contributed by atoms with Crippen LogP contribution in [-0.4, -0.2) is 47.0 Å². The Morgan fingerprint density at radius 2 is 1.69 bits per heavy atom. The van der Waals surface area contributed by atoms with Crippen molar-refractivity contribution >= 4 is 35.2 Å². The fraction of sp³-hybridized carbons (Fsp3) is 0.381. The Balaban J connectivity index is 1.58. The van der Waals surface area contributed by atoms with Crippen LogP contribution in [0.1, 0.15) is 37.0 Å². The van der Waals surface area contributed by atoms with Crippen LogP contribution in [0.25, 0.3) is 0 Å². The normalized spacial score (nSPS) is 21.5. The number of carbonyl (C=O) groups is 5. The van der Waals surface area contributed by atoms with Gasteiger partial charge in [0.1, 0.15) is 6.04 Å². The van der Waals surface area contributed by atoms with E-state index in [1.807, 2.05) is 12.2 Å². The Hall–Kier alpha value is -3.29. The van der Waals surface area contributed by atoms with Gasteiger partial charge in [0, 0.05) is 5.56 Å². The summed E-state index contributed by atoms with van der Waals surface area (Å²) in [4.78, 5) is 62.1. The number of allylic oxidation sites excluding steroid dienone is 2. The third-order valence-electron chi connectivity index (χ3n) is 5.20. The number of hydrogen-bond donors (Lipinski definition) is 1. The van der Waals surface area contributed by atoms with Crippen LogP contribution < -0.4 is 5.32 Å². The number of rotatable bonds is 6. The second-order valence-electron chi connectivity index (χ2n) is 7.14. The van der Waals surface area contributed by atoms with Crippen molar-refractivity contribution in [3.05, 3.63) is 42.0 Å². The van der Waals surface area contributed by atoms with Gasteiger partial charge in [-0.1, -0.05) is 24.3 Å². The van der Waals surface area contributed by atoms with Gasteiger partial charge < -0.3 is 10.1 Å². The molecule has 1 aliphatic carbocycles. The van der Waals surface area contributed by atoms with Gasteiger partial charge in [-0.2, -0.15) is 0 Å². The highest BCUT2D eigenvalue weighted by Crippen LogP contribution is 2.36. The van der Waals surface area contributed by atoms with E-state index in [-0.39, 0.29) is 17.6 Å². The quantitative estimate of drug-likeness (QED) is 0.338. The number of ketones is 1. The number of amides is 3. The largest absolute Gasteiger partial charge is 0.454 e. The average molecular weight is 398 g/mol. The van der Waals surface area contributed by atoms with E-state index in [4.69, 9.17) is 4.74 Å². The summed E-state index contributed by atoms with van der Waals surface area (Å²) in [5.41, 5.74) is 0.653. The van der Waals surface area contributed by atoms with Gasteiger partial charge in [-0.25, -0.2) is 4.79 Å². The smallest absolute Gasteiger partial charge is 0.329 e. The molecule has 1 saturated heterocycles. The summed E-state index contributed by atoms with van der Waals surface area (Å²) in [6.07, 6.45) is 4.68. The van der Waals surface area contributed by atoms with Gasteiger partial charge in [-0.05, 0) is 38.8 Å². The topological polar surface area (TPSA) is 110 Å². The molecule has 0 radical (unpaired) electrons. The fourth-order valence-corrected chi connectivity index (χ4v) is 3.66. The number of nitrogens with one attached hydrogen (secondary N) is 1. The van der Waals surface area contributed by atoms with Crippen LogP contribution in [0, 0.1) is 11.8 Å². The molecule has 1 aromatic rings. The van der Waals surface area contributed by atoms with Crippen molar-refractivity contribution < 1.29 is 28.7 Å². The van der Waals surface area contributed by atoms with Gasteiger partial charge in [0.15, 0.2) is 12.4 Å². The minimum atomic E-state index is -1.11. The minimum Gasteiger partial charge on any atom is -0.454 e. The van der Waals surface area contributed by atoms with Crippen LogP contribution in [0.4, 0.5) is 5.69 Å². The molecule has 1 heterocycles. The zero-order valence-electron chi connectivity index (χ0n) is 16.2. The van der Waals surface area contributed by atoms with E-state index < -0.39 is 36.4 Å². The highest BCUT2D eigenvalue weighted by Gasteiger charge is 2.50. The molecule has 152 valence electrons. The molecule has 8 nitrogen and oxygen atoms in total. The fourth-order valence-electron chi connectivity index (χ4n) is 3.66. The maximum absolute atomic E-state index is 12.5. The van der Waals surface area contributed by atoms with Gasteiger partial charge in [0.05, 0.1) is 17.5 Å². The van der Waals surface area contributed by atoms with Crippen molar-refractivity contribution in [2.45, 2.75) is 32.7 Å². The van der Waals surface area contributed by atoms with Crippen molar-refractivity contribution in [3.63, 3.8) is 0 Å². The monoisotopic (exact) mass is 398 g/mol. The second-order valence-corrected chi connectivity index (χ2v) is 7.14. The number of anilines is 1. The summed E-state index contributed by atoms with van der Waals surface area (Å²) in [7, 11) is 0. The third-order valence-corrected chi connectivity index (χ3v) is 5.20. The number of carbonyl (C=O) groups excluding carboxylic acids is 5. The Bertz CT molecular complexity index is 880. The van der Waals surface area contributed by atoms with Crippen molar-refractivity contribution in [1.29, 1.82) is 0 Å². The molecule has 3 atom stereocenters. The summed E-state index contributed by atoms with van der Waals surface area (Å²) in [6, 6.07) is 5.36. The molecule has 2 aliphatic rings. The van der Waals surface area contributed by atoms with Crippen LogP contribution in [0.2, 0.25) is 0 Å². The molecule has 3 rings (SSSR count). The molecule has 1 fully saturated rings. The zero-order chi connectivity index (χ0) is 21.1. The van der Waals surface area contributed by atoms with Gasteiger partial charge in [0.2, 0.25) is 11.8 Å². The number of nitrogens with zero attached hydrogens (tertiary/aromatic N) is 1. The predicted octanol–water partition coefficient (Wildman–Crippen LogP) is 1.71. The molecule has 29 heavy (non-hydrogen) atoms. The van der Waals surface area contributed by atoms with E-state index in [1.54, 1.807) is 24.3 Å². The lowest BCUT2D eigenvalue weighted by atomic mass is 9.85. The van der Waals surface area contributed by atoms with Crippen LogP contribution in [0.5, 0.6) is 0 Å². The van der Waals surface area contributed by atoms with Gasteiger partial charge in [0.25, 0.3) is 5.91 Å².